The first-order valence-corrected chi connectivity index (χ1v) is 8.66. The summed E-state index contributed by atoms with van der Waals surface area (Å²) >= 11 is 0. The van der Waals surface area contributed by atoms with Crippen LogP contribution < -0.4 is 9.80 Å². The molecule has 24 heavy (non-hydrogen) atoms. The minimum absolute atomic E-state index is 0.103. The Balaban J connectivity index is 1.39. The van der Waals surface area contributed by atoms with Crippen LogP contribution in [0.4, 0.5) is 0 Å². The van der Waals surface area contributed by atoms with Crippen molar-refractivity contribution in [1.29, 1.82) is 0 Å². The molecule has 1 saturated heterocycles. The maximum atomic E-state index is 11.9. The topological polar surface area (TPSA) is 48.3 Å². The van der Waals surface area contributed by atoms with Gasteiger partial charge in [-0.25, -0.2) is 4.79 Å². The van der Waals surface area contributed by atoms with E-state index in [2.05, 4.69) is 30.3 Å². The van der Waals surface area contributed by atoms with Gasteiger partial charge in [0.15, 0.2) is 0 Å². The van der Waals surface area contributed by atoms with Gasteiger partial charge in [0.05, 0.1) is 6.26 Å². The molecular weight excluding hydrogens is 304 g/mol. The molecule has 0 amide bonds. The second-order valence-electron chi connectivity index (χ2n) is 6.56. The molecule has 128 valence electrons. The van der Waals surface area contributed by atoms with Crippen molar-refractivity contribution in [2.75, 3.05) is 32.7 Å². The number of benzene rings is 1. The van der Waals surface area contributed by atoms with E-state index >= 15 is 0 Å². The summed E-state index contributed by atoms with van der Waals surface area (Å²) in [5.74, 6) is -0.103. The molecule has 1 aromatic carbocycles. The molecular formula is C19H26N2O3+2. The lowest BCUT2D eigenvalue weighted by molar-refractivity contribution is -1.02. The maximum absolute atomic E-state index is 11.9. The first kappa shape index (κ1) is 16.7. The minimum Gasteiger partial charge on any atom is -0.457 e. The second kappa shape index (κ2) is 8.13. The third-order valence-corrected chi connectivity index (χ3v) is 4.57. The number of piperazine rings is 1. The number of nitrogens with one attached hydrogen (secondary N) is 2. The second-order valence-corrected chi connectivity index (χ2v) is 6.56. The summed E-state index contributed by atoms with van der Waals surface area (Å²) in [7, 11) is 0. The highest BCUT2D eigenvalue weighted by molar-refractivity contribution is 5.86. The Morgan fingerprint density at radius 1 is 1.08 bits per heavy atom. The average Bonchev–Trinajstić information content (AvgIpc) is 3.12. The Labute approximate surface area is 142 Å². The van der Waals surface area contributed by atoms with E-state index < -0.39 is 0 Å². The number of quaternary nitrogens is 2. The fraction of sp³-hybridized carbons (Fsp3) is 0.421. The largest absolute Gasteiger partial charge is 0.457 e. The van der Waals surface area contributed by atoms with Gasteiger partial charge in [-0.05, 0) is 19.1 Å². The first-order chi connectivity index (χ1) is 11.7. The van der Waals surface area contributed by atoms with E-state index in [1.54, 1.807) is 17.0 Å². The van der Waals surface area contributed by atoms with Gasteiger partial charge in [-0.2, -0.15) is 0 Å². The monoisotopic (exact) mass is 330 g/mol. The van der Waals surface area contributed by atoms with Gasteiger partial charge in [0.1, 0.15) is 45.4 Å². The Morgan fingerprint density at radius 3 is 2.46 bits per heavy atom. The molecule has 1 atom stereocenters. The van der Waals surface area contributed by atoms with E-state index in [1.807, 2.05) is 6.92 Å². The van der Waals surface area contributed by atoms with Crippen molar-refractivity contribution < 1.29 is 23.7 Å². The van der Waals surface area contributed by atoms with Crippen molar-refractivity contribution in [3.05, 3.63) is 60.1 Å². The first-order valence-electron chi connectivity index (χ1n) is 8.66. The molecule has 2 heterocycles. The summed E-state index contributed by atoms with van der Waals surface area (Å²) in [6.45, 7) is 8.45. The quantitative estimate of drug-likeness (QED) is 0.722. The van der Waals surface area contributed by atoms with Crippen molar-refractivity contribution in [3.8, 4) is 0 Å². The highest BCUT2D eigenvalue weighted by Crippen LogP contribution is 2.04. The summed E-state index contributed by atoms with van der Waals surface area (Å²) in [6.07, 6.45) is 1.38. The lowest BCUT2D eigenvalue weighted by atomic mass is 10.2. The van der Waals surface area contributed by atoms with Crippen LogP contribution in [-0.4, -0.2) is 44.8 Å². The number of ether oxygens (including phenoxy) is 1. The Hall–Kier alpha value is -2.11. The van der Waals surface area contributed by atoms with Gasteiger partial charge in [0.25, 0.3) is 0 Å². The predicted molar refractivity (Wildman–Crippen MR) is 90.0 cm³/mol. The lowest BCUT2D eigenvalue weighted by Crippen LogP contribution is -3.28. The van der Waals surface area contributed by atoms with Crippen molar-refractivity contribution in [1.82, 2.24) is 0 Å². The normalized spacial score (nSPS) is 22.0. The Bertz CT molecular complexity index is 619. The van der Waals surface area contributed by atoms with E-state index in [9.17, 15) is 4.79 Å². The van der Waals surface area contributed by atoms with Crippen LogP contribution >= 0.6 is 0 Å². The highest BCUT2D eigenvalue weighted by atomic mass is 16.6. The van der Waals surface area contributed by atoms with Crippen LogP contribution in [0, 0.1) is 0 Å². The molecule has 5 nitrogen and oxygen atoms in total. The fourth-order valence-electron chi connectivity index (χ4n) is 3.31. The van der Waals surface area contributed by atoms with Crippen molar-refractivity contribution in [2.45, 2.75) is 19.6 Å². The Kier molecular flexibility index (Phi) is 5.67. The van der Waals surface area contributed by atoms with Crippen LogP contribution in [0.3, 0.4) is 0 Å². The SMILES string of the molecule is C[C@@H](C[NH+]1CC[NH+](Cc2ccccc2)CC1)OC(=O)c1ccco1. The number of carbonyl (C=O) groups is 1. The third kappa shape index (κ3) is 4.69. The molecule has 0 radical (unpaired) electrons. The fourth-order valence-corrected chi connectivity index (χ4v) is 3.31. The molecule has 0 bridgehead atoms. The maximum Gasteiger partial charge on any atom is 0.374 e. The number of hydrogen-bond acceptors (Lipinski definition) is 3. The molecule has 2 N–H and O–H groups in total. The minimum atomic E-state index is -0.375. The summed E-state index contributed by atoms with van der Waals surface area (Å²) in [4.78, 5) is 15.0. The van der Waals surface area contributed by atoms with Crippen LogP contribution in [0.1, 0.15) is 23.0 Å². The van der Waals surface area contributed by atoms with Gasteiger partial charge in [0, 0.05) is 5.56 Å². The standard InChI is InChI=1S/C19H24N2O3/c1-16(24-19(22)18-8-5-13-23-18)14-20-9-11-21(12-10-20)15-17-6-3-2-4-7-17/h2-8,13,16H,9-12,14-15H2,1H3/p+2/t16-/m0/s1. The number of esters is 1. The summed E-state index contributed by atoms with van der Waals surface area (Å²) in [6, 6.07) is 14.0. The van der Waals surface area contributed by atoms with Gasteiger partial charge >= 0.3 is 5.97 Å². The number of carbonyl (C=O) groups excluding carboxylic acids is 1. The molecule has 0 spiro atoms. The molecule has 0 unspecified atom stereocenters. The van der Waals surface area contributed by atoms with Gasteiger partial charge in [0.2, 0.25) is 5.76 Å². The predicted octanol–water partition coefficient (Wildman–Crippen LogP) is -0.191. The molecule has 0 aliphatic carbocycles. The number of hydrogen-bond donors (Lipinski definition) is 2. The molecule has 1 fully saturated rings. The Morgan fingerprint density at radius 2 is 1.79 bits per heavy atom. The zero-order chi connectivity index (χ0) is 16.8. The average molecular weight is 330 g/mol. The van der Waals surface area contributed by atoms with Gasteiger partial charge in [-0.3, -0.25) is 0 Å². The zero-order valence-electron chi connectivity index (χ0n) is 14.2. The van der Waals surface area contributed by atoms with E-state index in [0.29, 0.717) is 0 Å². The van der Waals surface area contributed by atoms with Gasteiger partial charge in [-0.1, -0.05) is 30.3 Å². The number of rotatable bonds is 6. The van der Waals surface area contributed by atoms with Crippen LogP contribution in [0.2, 0.25) is 0 Å². The highest BCUT2D eigenvalue weighted by Gasteiger charge is 2.26. The van der Waals surface area contributed by atoms with E-state index in [0.717, 1.165) is 39.3 Å². The molecule has 1 aromatic heterocycles. The smallest absolute Gasteiger partial charge is 0.374 e. The summed E-state index contributed by atoms with van der Waals surface area (Å²) < 4.78 is 10.5. The van der Waals surface area contributed by atoms with Crippen LogP contribution in [0.15, 0.2) is 53.1 Å². The molecule has 1 aliphatic heterocycles. The van der Waals surface area contributed by atoms with Crippen molar-refractivity contribution >= 4 is 5.97 Å². The third-order valence-electron chi connectivity index (χ3n) is 4.57. The lowest BCUT2D eigenvalue weighted by Gasteiger charge is -2.30. The van der Waals surface area contributed by atoms with E-state index in [4.69, 9.17) is 9.15 Å². The van der Waals surface area contributed by atoms with E-state index in [1.165, 1.54) is 16.7 Å². The summed E-state index contributed by atoms with van der Waals surface area (Å²) in [5, 5.41) is 0. The van der Waals surface area contributed by atoms with Gasteiger partial charge in [-0.15, -0.1) is 0 Å². The van der Waals surface area contributed by atoms with Gasteiger partial charge < -0.3 is 19.0 Å². The van der Waals surface area contributed by atoms with E-state index in [-0.39, 0.29) is 17.8 Å². The molecule has 5 heteroatoms. The summed E-state index contributed by atoms with van der Waals surface area (Å²) in [5.41, 5.74) is 1.40. The molecule has 2 aromatic rings. The molecule has 0 saturated carbocycles. The molecule has 3 rings (SSSR count). The number of furan rings is 1. The van der Waals surface area contributed by atoms with Crippen LogP contribution in [-0.2, 0) is 11.3 Å². The van der Waals surface area contributed by atoms with Crippen LogP contribution in [0.25, 0.3) is 0 Å². The molecule has 1 aliphatic rings. The van der Waals surface area contributed by atoms with Crippen molar-refractivity contribution in [3.63, 3.8) is 0 Å². The zero-order valence-corrected chi connectivity index (χ0v) is 14.2. The van der Waals surface area contributed by atoms with Crippen LogP contribution in [0.5, 0.6) is 0 Å². The van der Waals surface area contributed by atoms with Crippen molar-refractivity contribution in [2.24, 2.45) is 0 Å².